The van der Waals surface area contributed by atoms with E-state index in [0.29, 0.717) is 6.04 Å². The molecule has 0 bridgehead atoms. The Kier molecular flexibility index (Phi) is 4.92. The standard InChI is InChI=1S/C17H24N2/c1-4-6-13(2)11-17(18-3)15-8-9-16-14(12-15)7-5-10-19-16/h5,7-10,12-13,17-18H,4,6,11H2,1-3H3. The van der Waals surface area contributed by atoms with Crippen LogP contribution in [-0.2, 0) is 0 Å². The molecule has 2 nitrogen and oxygen atoms in total. The lowest BCUT2D eigenvalue weighted by molar-refractivity contribution is 0.407. The Morgan fingerprint density at radius 1 is 1.26 bits per heavy atom. The molecule has 2 atom stereocenters. The number of hydrogen-bond donors (Lipinski definition) is 1. The van der Waals surface area contributed by atoms with Crippen molar-refractivity contribution in [3.63, 3.8) is 0 Å². The van der Waals surface area contributed by atoms with Crippen LogP contribution in [0.4, 0.5) is 0 Å². The summed E-state index contributed by atoms with van der Waals surface area (Å²) in [6, 6.07) is 11.2. The lowest BCUT2D eigenvalue weighted by Crippen LogP contribution is -2.19. The van der Waals surface area contributed by atoms with Crippen LogP contribution >= 0.6 is 0 Å². The predicted octanol–water partition coefficient (Wildman–Crippen LogP) is 4.32. The third-order valence-electron chi connectivity index (χ3n) is 3.80. The summed E-state index contributed by atoms with van der Waals surface area (Å²) in [6.45, 7) is 4.60. The molecule has 1 aromatic carbocycles. The van der Waals surface area contributed by atoms with Gasteiger partial charge in [0.15, 0.2) is 0 Å². The summed E-state index contributed by atoms with van der Waals surface area (Å²) < 4.78 is 0. The first-order valence-electron chi connectivity index (χ1n) is 7.26. The highest BCUT2D eigenvalue weighted by Crippen LogP contribution is 2.25. The van der Waals surface area contributed by atoms with Gasteiger partial charge in [0.1, 0.15) is 0 Å². The first kappa shape index (κ1) is 14.0. The molecule has 2 aromatic rings. The van der Waals surface area contributed by atoms with Gasteiger partial charge in [-0.1, -0.05) is 38.8 Å². The molecule has 0 aliphatic rings. The van der Waals surface area contributed by atoms with Gasteiger partial charge in [0.25, 0.3) is 0 Å². The molecular weight excluding hydrogens is 232 g/mol. The van der Waals surface area contributed by atoms with Gasteiger partial charge in [0, 0.05) is 17.6 Å². The second-order valence-electron chi connectivity index (χ2n) is 5.43. The minimum atomic E-state index is 0.436. The summed E-state index contributed by atoms with van der Waals surface area (Å²) in [6.07, 6.45) is 5.60. The molecule has 1 aromatic heterocycles. The van der Waals surface area contributed by atoms with E-state index in [-0.39, 0.29) is 0 Å². The van der Waals surface area contributed by atoms with Crippen molar-refractivity contribution >= 4 is 10.9 Å². The summed E-state index contributed by atoms with van der Waals surface area (Å²) in [5, 5.41) is 4.68. The zero-order valence-corrected chi connectivity index (χ0v) is 12.2. The number of aromatic nitrogens is 1. The van der Waals surface area contributed by atoms with E-state index in [1.54, 1.807) is 0 Å². The summed E-state index contributed by atoms with van der Waals surface area (Å²) in [5.41, 5.74) is 2.44. The molecular formula is C17H24N2. The molecule has 0 radical (unpaired) electrons. The second-order valence-corrected chi connectivity index (χ2v) is 5.43. The average Bonchev–Trinajstić information content (AvgIpc) is 2.44. The zero-order chi connectivity index (χ0) is 13.7. The molecule has 0 aliphatic heterocycles. The number of hydrogen-bond acceptors (Lipinski definition) is 2. The van der Waals surface area contributed by atoms with E-state index in [1.807, 2.05) is 12.3 Å². The zero-order valence-electron chi connectivity index (χ0n) is 12.2. The molecule has 0 spiro atoms. The molecule has 0 aliphatic carbocycles. The van der Waals surface area contributed by atoms with E-state index in [4.69, 9.17) is 0 Å². The van der Waals surface area contributed by atoms with Gasteiger partial charge in [-0.25, -0.2) is 0 Å². The Labute approximate surface area is 116 Å². The molecule has 2 rings (SSSR count). The van der Waals surface area contributed by atoms with Gasteiger partial charge in [-0.05, 0) is 43.1 Å². The molecule has 1 N–H and O–H groups in total. The van der Waals surface area contributed by atoms with Gasteiger partial charge < -0.3 is 5.32 Å². The first-order chi connectivity index (χ1) is 9.24. The van der Waals surface area contributed by atoms with Crippen LogP contribution in [0, 0.1) is 5.92 Å². The number of rotatable bonds is 6. The molecule has 2 heteroatoms. The predicted molar refractivity (Wildman–Crippen MR) is 82.2 cm³/mol. The van der Waals surface area contributed by atoms with E-state index in [2.05, 4.69) is 55.5 Å². The lowest BCUT2D eigenvalue weighted by atomic mass is 9.92. The number of nitrogens with one attached hydrogen (secondary N) is 1. The van der Waals surface area contributed by atoms with Crippen LogP contribution in [0.15, 0.2) is 36.5 Å². The largest absolute Gasteiger partial charge is 0.313 e. The van der Waals surface area contributed by atoms with Crippen LogP contribution < -0.4 is 5.32 Å². The van der Waals surface area contributed by atoms with Crippen LogP contribution in [-0.4, -0.2) is 12.0 Å². The Morgan fingerprint density at radius 3 is 2.84 bits per heavy atom. The van der Waals surface area contributed by atoms with Crippen LogP contribution in [0.3, 0.4) is 0 Å². The fourth-order valence-corrected chi connectivity index (χ4v) is 2.74. The molecule has 0 saturated heterocycles. The summed E-state index contributed by atoms with van der Waals surface area (Å²) >= 11 is 0. The molecule has 0 fully saturated rings. The van der Waals surface area contributed by atoms with Crippen molar-refractivity contribution in [1.29, 1.82) is 0 Å². The average molecular weight is 256 g/mol. The fourth-order valence-electron chi connectivity index (χ4n) is 2.74. The SMILES string of the molecule is CCCC(C)CC(NC)c1ccc2ncccc2c1. The minimum absolute atomic E-state index is 0.436. The van der Waals surface area contributed by atoms with E-state index >= 15 is 0 Å². The fraction of sp³-hybridized carbons (Fsp3) is 0.471. The van der Waals surface area contributed by atoms with E-state index < -0.39 is 0 Å². The van der Waals surface area contributed by atoms with Crippen molar-refractivity contribution < 1.29 is 0 Å². The number of nitrogens with zero attached hydrogens (tertiary/aromatic N) is 1. The molecule has 19 heavy (non-hydrogen) atoms. The quantitative estimate of drug-likeness (QED) is 0.832. The van der Waals surface area contributed by atoms with Gasteiger partial charge >= 0.3 is 0 Å². The van der Waals surface area contributed by atoms with Crippen LogP contribution in [0.1, 0.15) is 44.7 Å². The van der Waals surface area contributed by atoms with E-state index in [0.717, 1.165) is 11.4 Å². The molecule has 102 valence electrons. The van der Waals surface area contributed by atoms with Gasteiger partial charge in [-0.3, -0.25) is 4.98 Å². The van der Waals surface area contributed by atoms with Gasteiger partial charge in [-0.15, -0.1) is 0 Å². The Balaban J connectivity index is 2.20. The summed E-state index contributed by atoms with van der Waals surface area (Å²) in [7, 11) is 2.05. The van der Waals surface area contributed by atoms with Crippen LogP contribution in [0.2, 0.25) is 0 Å². The highest BCUT2D eigenvalue weighted by atomic mass is 14.9. The topological polar surface area (TPSA) is 24.9 Å². The van der Waals surface area contributed by atoms with Crippen molar-refractivity contribution in [3.05, 3.63) is 42.1 Å². The Morgan fingerprint density at radius 2 is 2.11 bits per heavy atom. The summed E-state index contributed by atoms with van der Waals surface area (Å²) in [5.74, 6) is 0.757. The highest BCUT2D eigenvalue weighted by molar-refractivity contribution is 5.79. The Hall–Kier alpha value is -1.41. The molecule has 0 saturated carbocycles. The smallest absolute Gasteiger partial charge is 0.0702 e. The van der Waals surface area contributed by atoms with Crippen LogP contribution in [0.5, 0.6) is 0 Å². The van der Waals surface area contributed by atoms with Crippen molar-refractivity contribution in [2.24, 2.45) is 5.92 Å². The maximum Gasteiger partial charge on any atom is 0.0702 e. The van der Waals surface area contributed by atoms with E-state index in [9.17, 15) is 0 Å². The summed E-state index contributed by atoms with van der Waals surface area (Å²) in [4.78, 5) is 4.38. The minimum Gasteiger partial charge on any atom is -0.313 e. The van der Waals surface area contributed by atoms with Gasteiger partial charge in [-0.2, -0.15) is 0 Å². The maximum absolute atomic E-state index is 4.38. The van der Waals surface area contributed by atoms with Crippen LogP contribution in [0.25, 0.3) is 10.9 Å². The number of pyridine rings is 1. The highest BCUT2D eigenvalue weighted by Gasteiger charge is 2.13. The number of benzene rings is 1. The third-order valence-corrected chi connectivity index (χ3v) is 3.80. The number of fused-ring (bicyclic) bond motifs is 1. The molecule has 2 unspecified atom stereocenters. The monoisotopic (exact) mass is 256 g/mol. The lowest BCUT2D eigenvalue weighted by Gasteiger charge is -2.21. The molecule has 1 heterocycles. The molecule has 0 amide bonds. The Bertz CT molecular complexity index is 521. The van der Waals surface area contributed by atoms with Crippen molar-refractivity contribution in [1.82, 2.24) is 10.3 Å². The van der Waals surface area contributed by atoms with Crippen molar-refractivity contribution in [3.8, 4) is 0 Å². The second kappa shape index (κ2) is 6.67. The third kappa shape index (κ3) is 3.54. The first-order valence-corrected chi connectivity index (χ1v) is 7.26. The van der Waals surface area contributed by atoms with Gasteiger partial charge in [0.2, 0.25) is 0 Å². The van der Waals surface area contributed by atoms with Gasteiger partial charge in [0.05, 0.1) is 5.52 Å². The van der Waals surface area contributed by atoms with Crippen molar-refractivity contribution in [2.75, 3.05) is 7.05 Å². The maximum atomic E-state index is 4.38. The van der Waals surface area contributed by atoms with E-state index in [1.165, 1.54) is 30.2 Å². The normalized spacial score (nSPS) is 14.5. The van der Waals surface area contributed by atoms with Crippen molar-refractivity contribution in [2.45, 2.75) is 39.2 Å².